The predicted octanol–water partition coefficient (Wildman–Crippen LogP) is 5.42. The van der Waals surface area contributed by atoms with Gasteiger partial charge >= 0.3 is 11.9 Å². The van der Waals surface area contributed by atoms with Crippen molar-refractivity contribution in [1.82, 2.24) is 0 Å². The predicted molar refractivity (Wildman–Crippen MR) is 114 cm³/mol. The molecule has 0 aliphatic carbocycles. The lowest BCUT2D eigenvalue weighted by atomic mass is 10.1. The van der Waals surface area contributed by atoms with Crippen LogP contribution in [0.1, 0.15) is 31.2 Å². The minimum atomic E-state index is -0.550. The van der Waals surface area contributed by atoms with Crippen LogP contribution in [-0.4, -0.2) is 11.9 Å². The number of cyclic esters (lactones) is 2. The van der Waals surface area contributed by atoms with E-state index in [4.69, 9.17) is 4.74 Å². The summed E-state index contributed by atoms with van der Waals surface area (Å²) < 4.78 is 5.71. The third-order valence-electron chi connectivity index (χ3n) is 5.04. The Kier molecular flexibility index (Phi) is 4.37. The maximum atomic E-state index is 12.2. The second-order valence-corrected chi connectivity index (χ2v) is 8.04. The van der Waals surface area contributed by atoms with E-state index in [1.165, 1.54) is 22.5 Å². The standard InChI is InChI=1S/C24H17NO3S/c26-23-21-19-13-18(11-12-20(19)29-22(21)24(27)28-23)25(14-16-7-3-1-4-8-16)15-17-9-5-2-6-10-17/h1-13H,14-15H2. The highest BCUT2D eigenvalue weighted by atomic mass is 32.1. The average molecular weight is 399 g/mol. The zero-order valence-electron chi connectivity index (χ0n) is 15.5. The quantitative estimate of drug-likeness (QED) is 0.332. The van der Waals surface area contributed by atoms with Crippen LogP contribution in [0.3, 0.4) is 0 Å². The summed E-state index contributed by atoms with van der Waals surface area (Å²) in [5.74, 6) is -1.09. The van der Waals surface area contributed by atoms with Gasteiger partial charge in [0.15, 0.2) is 0 Å². The van der Waals surface area contributed by atoms with Gasteiger partial charge in [-0.15, -0.1) is 11.3 Å². The highest BCUT2D eigenvalue weighted by Gasteiger charge is 2.34. The lowest BCUT2D eigenvalue weighted by Gasteiger charge is -2.25. The lowest BCUT2D eigenvalue weighted by molar-refractivity contribution is 0.0446. The largest absolute Gasteiger partial charge is 0.385 e. The molecule has 3 aromatic carbocycles. The Hall–Kier alpha value is -3.44. The van der Waals surface area contributed by atoms with Crippen molar-refractivity contribution in [3.63, 3.8) is 0 Å². The van der Waals surface area contributed by atoms with Crippen LogP contribution in [0.5, 0.6) is 0 Å². The number of ether oxygens (including phenoxy) is 1. The van der Waals surface area contributed by atoms with Crippen LogP contribution in [0.2, 0.25) is 0 Å². The van der Waals surface area contributed by atoms with Gasteiger partial charge in [-0.05, 0) is 29.3 Å². The number of anilines is 1. The smallest absolute Gasteiger partial charge is 0.357 e. The molecule has 0 fully saturated rings. The van der Waals surface area contributed by atoms with Crippen molar-refractivity contribution in [1.29, 1.82) is 0 Å². The molecule has 2 heterocycles. The van der Waals surface area contributed by atoms with Crippen molar-refractivity contribution in [2.45, 2.75) is 13.1 Å². The van der Waals surface area contributed by atoms with E-state index in [-0.39, 0.29) is 0 Å². The molecular weight excluding hydrogens is 382 g/mol. The molecule has 0 bridgehead atoms. The first kappa shape index (κ1) is 17.6. The van der Waals surface area contributed by atoms with Gasteiger partial charge in [0.2, 0.25) is 0 Å². The highest BCUT2D eigenvalue weighted by Crippen LogP contribution is 2.38. The van der Waals surface area contributed by atoms with Gasteiger partial charge in [0.25, 0.3) is 0 Å². The normalized spacial score (nSPS) is 12.8. The Morgan fingerprint density at radius 1 is 0.759 bits per heavy atom. The number of benzene rings is 3. The van der Waals surface area contributed by atoms with Crippen molar-refractivity contribution in [2.24, 2.45) is 0 Å². The summed E-state index contributed by atoms with van der Waals surface area (Å²) >= 11 is 1.31. The minimum absolute atomic E-state index is 0.399. The summed E-state index contributed by atoms with van der Waals surface area (Å²) in [4.78, 5) is 26.7. The first-order valence-electron chi connectivity index (χ1n) is 9.35. The van der Waals surface area contributed by atoms with E-state index in [2.05, 4.69) is 35.2 Å². The summed E-state index contributed by atoms with van der Waals surface area (Å²) in [6.07, 6.45) is 0. The Bertz CT molecular complexity index is 1170. The summed E-state index contributed by atoms with van der Waals surface area (Å²) in [5, 5.41) is 0.782. The number of nitrogens with zero attached hydrogens (tertiary/aromatic N) is 1. The number of hydrogen-bond donors (Lipinski definition) is 0. The number of hydrogen-bond acceptors (Lipinski definition) is 5. The molecule has 0 saturated carbocycles. The number of thiophene rings is 1. The topological polar surface area (TPSA) is 46.6 Å². The molecule has 0 radical (unpaired) electrons. The molecule has 0 atom stereocenters. The molecule has 1 aliphatic rings. The molecule has 142 valence electrons. The monoisotopic (exact) mass is 399 g/mol. The van der Waals surface area contributed by atoms with Crippen LogP contribution in [0, 0.1) is 0 Å². The fourth-order valence-corrected chi connectivity index (χ4v) is 4.70. The second kappa shape index (κ2) is 7.18. The Morgan fingerprint density at radius 3 is 2.00 bits per heavy atom. The zero-order chi connectivity index (χ0) is 19.8. The first-order valence-corrected chi connectivity index (χ1v) is 10.2. The third kappa shape index (κ3) is 3.30. The van der Waals surface area contributed by atoms with E-state index < -0.39 is 11.9 Å². The summed E-state index contributed by atoms with van der Waals surface area (Å²) in [6.45, 7) is 1.47. The van der Waals surface area contributed by atoms with Crippen molar-refractivity contribution in [2.75, 3.05) is 4.90 Å². The van der Waals surface area contributed by atoms with Crippen LogP contribution >= 0.6 is 11.3 Å². The van der Waals surface area contributed by atoms with Gasteiger partial charge in [-0.3, -0.25) is 0 Å². The van der Waals surface area contributed by atoms with Crippen LogP contribution < -0.4 is 4.90 Å². The fourth-order valence-electron chi connectivity index (χ4n) is 3.66. The Morgan fingerprint density at radius 2 is 1.38 bits per heavy atom. The maximum Gasteiger partial charge on any atom is 0.357 e. The molecule has 5 rings (SSSR count). The molecule has 1 aromatic heterocycles. The van der Waals surface area contributed by atoms with Crippen LogP contribution in [-0.2, 0) is 17.8 Å². The molecule has 5 heteroatoms. The molecule has 0 spiro atoms. The van der Waals surface area contributed by atoms with E-state index in [9.17, 15) is 9.59 Å². The molecule has 1 aliphatic heterocycles. The van der Waals surface area contributed by atoms with E-state index in [0.29, 0.717) is 10.4 Å². The van der Waals surface area contributed by atoms with Crippen molar-refractivity contribution >= 4 is 39.0 Å². The van der Waals surface area contributed by atoms with Gasteiger partial charge in [0.05, 0.1) is 5.56 Å². The van der Waals surface area contributed by atoms with Crippen LogP contribution in [0.4, 0.5) is 5.69 Å². The number of carbonyl (C=O) groups is 2. The van der Waals surface area contributed by atoms with E-state index >= 15 is 0 Å². The van der Waals surface area contributed by atoms with Gasteiger partial charge < -0.3 is 9.64 Å². The molecule has 4 nitrogen and oxygen atoms in total. The molecule has 29 heavy (non-hydrogen) atoms. The van der Waals surface area contributed by atoms with Gasteiger partial charge in [-0.2, -0.15) is 0 Å². The molecule has 0 amide bonds. The van der Waals surface area contributed by atoms with E-state index in [1.807, 2.05) is 48.5 Å². The molecule has 0 saturated heterocycles. The van der Waals surface area contributed by atoms with Crippen LogP contribution in [0.15, 0.2) is 78.9 Å². The first-order chi connectivity index (χ1) is 14.2. The Balaban J connectivity index is 1.57. The highest BCUT2D eigenvalue weighted by molar-refractivity contribution is 7.21. The summed E-state index contributed by atoms with van der Waals surface area (Å²) in [6, 6.07) is 26.6. The van der Waals surface area contributed by atoms with Gasteiger partial charge in [-0.25, -0.2) is 9.59 Å². The summed E-state index contributed by atoms with van der Waals surface area (Å²) in [5.41, 5.74) is 3.80. The minimum Gasteiger partial charge on any atom is -0.385 e. The van der Waals surface area contributed by atoms with Crippen molar-refractivity contribution < 1.29 is 14.3 Å². The Labute approximate surface area is 172 Å². The second-order valence-electron chi connectivity index (χ2n) is 6.99. The number of fused-ring (bicyclic) bond motifs is 3. The SMILES string of the molecule is O=C1OC(=O)c2c1sc1ccc(N(Cc3ccccc3)Cc3ccccc3)cc21. The average Bonchev–Trinajstić information content (AvgIpc) is 3.26. The van der Waals surface area contributed by atoms with E-state index in [1.54, 1.807) is 0 Å². The number of rotatable bonds is 5. The van der Waals surface area contributed by atoms with Crippen LogP contribution in [0.25, 0.3) is 10.1 Å². The molecule has 0 N–H and O–H groups in total. The van der Waals surface area contributed by atoms with Gasteiger partial charge in [-0.1, -0.05) is 60.7 Å². The van der Waals surface area contributed by atoms with E-state index in [0.717, 1.165) is 28.9 Å². The third-order valence-corrected chi connectivity index (χ3v) is 6.19. The molecule has 4 aromatic rings. The van der Waals surface area contributed by atoms with Crippen molar-refractivity contribution in [3.8, 4) is 0 Å². The zero-order valence-corrected chi connectivity index (χ0v) is 16.3. The van der Waals surface area contributed by atoms with Gasteiger partial charge in [0.1, 0.15) is 4.88 Å². The maximum absolute atomic E-state index is 12.2. The van der Waals surface area contributed by atoms with Gasteiger partial charge in [0, 0.05) is 28.9 Å². The number of esters is 2. The fraction of sp³-hybridized carbons (Fsp3) is 0.0833. The number of carbonyl (C=O) groups excluding carboxylic acids is 2. The molecular formula is C24H17NO3S. The lowest BCUT2D eigenvalue weighted by Crippen LogP contribution is -2.22. The summed E-state index contributed by atoms with van der Waals surface area (Å²) in [7, 11) is 0. The van der Waals surface area contributed by atoms with Crippen molar-refractivity contribution in [3.05, 3.63) is 100 Å². The molecule has 0 unspecified atom stereocenters.